The summed E-state index contributed by atoms with van der Waals surface area (Å²) in [6, 6.07) is 3.91. The maximum atomic E-state index is 12.2. The van der Waals surface area contributed by atoms with E-state index in [1.807, 2.05) is 35.9 Å². The van der Waals surface area contributed by atoms with Crippen LogP contribution in [0.5, 0.6) is 0 Å². The van der Waals surface area contributed by atoms with Crippen LogP contribution in [0.15, 0.2) is 24.5 Å². The Bertz CT molecular complexity index is 429. The second kappa shape index (κ2) is 6.81. The SMILES string of the molecule is CC(N)C(c1ccncc1)N(C)CC(=O)N1CCCC1. The zero-order valence-electron chi connectivity index (χ0n) is 12.3. The van der Waals surface area contributed by atoms with Gasteiger partial charge in [-0.3, -0.25) is 14.7 Å². The first-order chi connectivity index (χ1) is 9.59. The van der Waals surface area contributed by atoms with Gasteiger partial charge < -0.3 is 10.6 Å². The van der Waals surface area contributed by atoms with E-state index in [1.54, 1.807) is 12.4 Å². The number of likely N-dealkylation sites (tertiary alicyclic amines) is 1. The highest BCUT2D eigenvalue weighted by molar-refractivity contribution is 5.78. The summed E-state index contributed by atoms with van der Waals surface area (Å²) in [7, 11) is 1.96. The molecule has 2 unspecified atom stereocenters. The molecular formula is C15H24N4O. The molecule has 1 saturated heterocycles. The van der Waals surface area contributed by atoms with Gasteiger partial charge in [0.05, 0.1) is 6.54 Å². The maximum Gasteiger partial charge on any atom is 0.236 e. The predicted molar refractivity (Wildman–Crippen MR) is 79.1 cm³/mol. The largest absolute Gasteiger partial charge is 0.342 e. The van der Waals surface area contributed by atoms with Gasteiger partial charge in [0.15, 0.2) is 0 Å². The van der Waals surface area contributed by atoms with Crippen molar-refractivity contribution in [2.75, 3.05) is 26.7 Å². The number of carbonyl (C=O) groups is 1. The smallest absolute Gasteiger partial charge is 0.236 e. The van der Waals surface area contributed by atoms with Crippen LogP contribution in [0, 0.1) is 0 Å². The standard InChI is InChI=1S/C15H24N4O/c1-12(16)15(13-5-7-17-8-6-13)18(2)11-14(20)19-9-3-4-10-19/h5-8,12,15H,3-4,9-11,16H2,1-2H3. The van der Waals surface area contributed by atoms with Gasteiger partial charge in [0, 0.05) is 37.6 Å². The highest BCUT2D eigenvalue weighted by atomic mass is 16.2. The topological polar surface area (TPSA) is 62.5 Å². The molecular weight excluding hydrogens is 252 g/mol. The highest BCUT2D eigenvalue weighted by Gasteiger charge is 2.25. The molecule has 0 saturated carbocycles. The molecule has 1 aromatic heterocycles. The molecule has 2 heterocycles. The van der Waals surface area contributed by atoms with Crippen LogP contribution in [0.1, 0.15) is 31.4 Å². The zero-order chi connectivity index (χ0) is 14.5. The fraction of sp³-hybridized carbons (Fsp3) is 0.600. The molecule has 20 heavy (non-hydrogen) atoms. The number of carbonyl (C=O) groups excluding carboxylic acids is 1. The Labute approximate surface area is 120 Å². The lowest BCUT2D eigenvalue weighted by Crippen LogP contribution is -2.43. The summed E-state index contributed by atoms with van der Waals surface area (Å²) < 4.78 is 0. The highest BCUT2D eigenvalue weighted by Crippen LogP contribution is 2.21. The van der Waals surface area contributed by atoms with Crippen LogP contribution in [0.25, 0.3) is 0 Å². The zero-order valence-corrected chi connectivity index (χ0v) is 12.3. The number of hydrogen-bond acceptors (Lipinski definition) is 4. The van der Waals surface area contributed by atoms with Crippen LogP contribution in [0.3, 0.4) is 0 Å². The molecule has 110 valence electrons. The number of pyridine rings is 1. The normalized spacial score (nSPS) is 18.3. The molecule has 2 atom stereocenters. The quantitative estimate of drug-likeness (QED) is 0.872. The van der Waals surface area contributed by atoms with Crippen molar-refractivity contribution in [2.24, 2.45) is 5.73 Å². The summed E-state index contributed by atoms with van der Waals surface area (Å²) in [5.74, 6) is 0.199. The lowest BCUT2D eigenvalue weighted by Gasteiger charge is -2.32. The third-order valence-electron chi connectivity index (χ3n) is 3.86. The fourth-order valence-corrected chi connectivity index (χ4v) is 2.90. The Morgan fingerprint density at radius 3 is 2.55 bits per heavy atom. The third kappa shape index (κ3) is 3.55. The van der Waals surface area contributed by atoms with E-state index >= 15 is 0 Å². The molecule has 0 aromatic carbocycles. The Hall–Kier alpha value is -1.46. The van der Waals surface area contributed by atoms with Gasteiger partial charge >= 0.3 is 0 Å². The number of rotatable bonds is 5. The molecule has 0 aliphatic carbocycles. The lowest BCUT2D eigenvalue weighted by molar-refractivity contribution is -0.131. The van der Waals surface area contributed by atoms with E-state index in [1.165, 1.54) is 0 Å². The minimum atomic E-state index is -0.0474. The van der Waals surface area contributed by atoms with Crippen molar-refractivity contribution in [3.63, 3.8) is 0 Å². The summed E-state index contributed by atoms with van der Waals surface area (Å²) in [4.78, 5) is 20.3. The molecule has 0 spiro atoms. The van der Waals surface area contributed by atoms with Gasteiger partial charge in [-0.1, -0.05) is 0 Å². The second-order valence-electron chi connectivity index (χ2n) is 5.59. The number of nitrogens with two attached hydrogens (primary N) is 1. The van der Waals surface area contributed by atoms with Crippen LogP contribution in [0.4, 0.5) is 0 Å². The third-order valence-corrected chi connectivity index (χ3v) is 3.86. The van der Waals surface area contributed by atoms with E-state index in [0.29, 0.717) is 6.54 Å². The molecule has 0 radical (unpaired) electrons. The van der Waals surface area contributed by atoms with Crippen molar-refractivity contribution >= 4 is 5.91 Å². The number of nitrogens with zero attached hydrogens (tertiary/aromatic N) is 3. The molecule has 2 N–H and O–H groups in total. The average Bonchev–Trinajstić information content (AvgIpc) is 2.93. The molecule has 5 nitrogen and oxygen atoms in total. The molecule has 1 fully saturated rings. The first-order valence-corrected chi connectivity index (χ1v) is 7.23. The van der Waals surface area contributed by atoms with Gasteiger partial charge in [0.1, 0.15) is 0 Å². The van der Waals surface area contributed by atoms with E-state index < -0.39 is 0 Å². The number of hydrogen-bond donors (Lipinski definition) is 1. The van der Waals surface area contributed by atoms with Gasteiger partial charge in [0.2, 0.25) is 5.91 Å². The summed E-state index contributed by atoms with van der Waals surface area (Å²) in [6.45, 7) is 4.17. The molecule has 5 heteroatoms. The van der Waals surface area contributed by atoms with Gasteiger partial charge in [-0.2, -0.15) is 0 Å². The van der Waals surface area contributed by atoms with Crippen molar-refractivity contribution in [3.8, 4) is 0 Å². The Balaban J connectivity index is 2.04. The van der Waals surface area contributed by atoms with Gasteiger partial charge in [0.25, 0.3) is 0 Å². The summed E-state index contributed by atoms with van der Waals surface area (Å²) in [5.41, 5.74) is 7.22. The van der Waals surface area contributed by atoms with Crippen molar-refractivity contribution in [1.29, 1.82) is 0 Å². The first-order valence-electron chi connectivity index (χ1n) is 7.23. The summed E-state index contributed by atoms with van der Waals surface area (Å²) >= 11 is 0. The Morgan fingerprint density at radius 2 is 2.00 bits per heavy atom. The number of amides is 1. The second-order valence-corrected chi connectivity index (χ2v) is 5.59. The number of likely N-dealkylation sites (N-methyl/N-ethyl adjacent to an activating group) is 1. The molecule has 1 aromatic rings. The lowest BCUT2D eigenvalue weighted by atomic mass is 10.0. The monoisotopic (exact) mass is 276 g/mol. The van der Waals surface area contributed by atoms with Crippen LogP contribution < -0.4 is 5.73 Å². The van der Waals surface area contributed by atoms with Crippen LogP contribution >= 0.6 is 0 Å². The minimum absolute atomic E-state index is 0.0320. The van der Waals surface area contributed by atoms with Crippen molar-refractivity contribution in [1.82, 2.24) is 14.8 Å². The Morgan fingerprint density at radius 1 is 1.40 bits per heavy atom. The molecule has 0 bridgehead atoms. The van der Waals surface area contributed by atoms with Gasteiger partial charge in [-0.05, 0) is 44.5 Å². The van der Waals surface area contributed by atoms with Crippen LogP contribution in [-0.2, 0) is 4.79 Å². The molecule has 1 aliphatic rings. The Kier molecular flexibility index (Phi) is 5.09. The maximum absolute atomic E-state index is 12.2. The average molecular weight is 276 g/mol. The van der Waals surface area contributed by atoms with E-state index in [2.05, 4.69) is 4.98 Å². The molecule has 2 rings (SSSR count). The van der Waals surface area contributed by atoms with Crippen molar-refractivity contribution < 1.29 is 4.79 Å². The molecule has 1 amide bonds. The van der Waals surface area contributed by atoms with Crippen LogP contribution in [-0.4, -0.2) is 53.4 Å². The molecule has 1 aliphatic heterocycles. The van der Waals surface area contributed by atoms with Crippen LogP contribution in [0.2, 0.25) is 0 Å². The number of aromatic nitrogens is 1. The minimum Gasteiger partial charge on any atom is -0.342 e. The summed E-state index contributed by atoms with van der Waals surface area (Å²) in [5, 5.41) is 0. The van der Waals surface area contributed by atoms with Crippen molar-refractivity contribution in [2.45, 2.75) is 31.8 Å². The van der Waals surface area contributed by atoms with E-state index in [4.69, 9.17) is 5.73 Å². The predicted octanol–water partition coefficient (Wildman–Crippen LogP) is 1.02. The van der Waals surface area contributed by atoms with E-state index in [0.717, 1.165) is 31.5 Å². The summed E-state index contributed by atoms with van der Waals surface area (Å²) in [6.07, 6.45) is 5.77. The van der Waals surface area contributed by atoms with Gasteiger partial charge in [-0.15, -0.1) is 0 Å². The van der Waals surface area contributed by atoms with E-state index in [9.17, 15) is 4.79 Å². The van der Waals surface area contributed by atoms with E-state index in [-0.39, 0.29) is 18.0 Å². The van der Waals surface area contributed by atoms with Crippen molar-refractivity contribution in [3.05, 3.63) is 30.1 Å². The first kappa shape index (κ1) is 14.9. The van der Waals surface area contributed by atoms with Gasteiger partial charge in [-0.25, -0.2) is 0 Å². The fourth-order valence-electron chi connectivity index (χ4n) is 2.90.